The van der Waals surface area contributed by atoms with Crippen molar-refractivity contribution < 1.29 is 13.2 Å². The van der Waals surface area contributed by atoms with Crippen molar-refractivity contribution in [3.05, 3.63) is 17.7 Å². The van der Waals surface area contributed by atoms with Crippen LogP contribution >= 0.6 is 0 Å². The molecular formula is C18H31N5O3S. The lowest BCUT2D eigenvalue weighted by Gasteiger charge is -2.45. The molecule has 1 fully saturated rings. The van der Waals surface area contributed by atoms with E-state index in [1.807, 2.05) is 6.92 Å². The molecule has 2 aliphatic rings. The van der Waals surface area contributed by atoms with Gasteiger partial charge in [-0.25, -0.2) is 17.7 Å². The van der Waals surface area contributed by atoms with Gasteiger partial charge >= 0.3 is 0 Å². The van der Waals surface area contributed by atoms with E-state index >= 15 is 0 Å². The molecule has 1 spiro atoms. The summed E-state index contributed by atoms with van der Waals surface area (Å²) in [6.45, 7) is 7.54. The third-order valence-electron chi connectivity index (χ3n) is 5.46. The molecule has 0 bridgehead atoms. The fourth-order valence-electron chi connectivity index (χ4n) is 4.05. The van der Waals surface area contributed by atoms with E-state index in [4.69, 9.17) is 0 Å². The summed E-state index contributed by atoms with van der Waals surface area (Å²) >= 11 is 0. The maximum Gasteiger partial charge on any atom is 0.237 e. The smallest absolute Gasteiger partial charge is 0.237 e. The van der Waals surface area contributed by atoms with Crippen molar-refractivity contribution in [3.8, 4) is 0 Å². The number of hydrogen-bond donors (Lipinski definition) is 3. The molecule has 3 N–H and O–H groups in total. The molecule has 0 unspecified atom stereocenters. The van der Waals surface area contributed by atoms with Crippen LogP contribution in [0.1, 0.15) is 51.4 Å². The van der Waals surface area contributed by atoms with Crippen molar-refractivity contribution in [2.45, 2.75) is 58.0 Å². The van der Waals surface area contributed by atoms with Gasteiger partial charge in [-0.3, -0.25) is 10.1 Å². The second-order valence-corrected chi connectivity index (χ2v) is 10.2. The van der Waals surface area contributed by atoms with Crippen molar-refractivity contribution in [2.24, 2.45) is 5.92 Å². The zero-order chi connectivity index (χ0) is 19.7. The van der Waals surface area contributed by atoms with Crippen LogP contribution in [0.3, 0.4) is 0 Å². The molecule has 0 aromatic carbocycles. The molecule has 0 radical (unpaired) electrons. The second kappa shape index (κ2) is 7.89. The number of nitrogens with one attached hydrogen (secondary N) is 3. The standard InChI is InChI=1S/C18H31N5O3S/c1-4-9-27(25,26)23-7-5-18(6-8-23)16-14(20-12-21-16)10-15(22-18)17(24)19-11-13(2)3/h12-13,15,22H,4-11H2,1-3H3,(H,19,24)(H,20,21)/t15-/m0/s1. The van der Waals surface area contributed by atoms with Crippen LogP contribution in [0.25, 0.3) is 0 Å². The van der Waals surface area contributed by atoms with Crippen LogP contribution in [0.4, 0.5) is 0 Å². The number of fused-ring (bicyclic) bond motifs is 2. The van der Waals surface area contributed by atoms with E-state index in [2.05, 4.69) is 34.4 Å². The first-order valence-electron chi connectivity index (χ1n) is 9.83. The minimum absolute atomic E-state index is 0.00985. The number of carbonyl (C=O) groups is 1. The predicted molar refractivity (Wildman–Crippen MR) is 104 cm³/mol. The first-order valence-corrected chi connectivity index (χ1v) is 11.4. The Morgan fingerprint density at radius 1 is 1.41 bits per heavy atom. The fraction of sp³-hybridized carbons (Fsp3) is 0.778. The Kier molecular flexibility index (Phi) is 5.93. The summed E-state index contributed by atoms with van der Waals surface area (Å²) in [6, 6.07) is -0.338. The Labute approximate surface area is 161 Å². The zero-order valence-electron chi connectivity index (χ0n) is 16.4. The first-order chi connectivity index (χ1) is 12.8. The number of sulfonamides is 1. The molecule has 1 aromatic rings. The molecule has 152 valence electrons. The number of rotatable bonds is 6. The normalized spacial score (nSPS) is 22.7. The van der Waals surface area contributed by atoms with Gasteiger partial charge in [-0.05, 0) is 25.2 Å². The third-order valence-corrected chi connectivity index (χ3v) is 7.54. The van der Waals surface area contributed by atoms with Crippen LogP contribution in [0.15, 0.2) is 6.33 Å². The molecule has 8 nitrogen and oxygen atoms in total. The van der Waals surface area contributed by atoms with Crippen LogP contribution in [0.5, 0.6) is 0 Å². The number of carbonyl (C=O) groups excluding carboxylic acids is 1. The Morgan fingerprint density at radius 3 is 2.74 bits per heavy atom. The molecule has 3 heterocycles. The monoisotopic (exact) mass is 397 g/mol. The molecule has 1 atom stereocenters. The molecule has 1 aromatic heterocycles. The summed E-state index contributed by atoms with van der Waals surface area (Å²) in [6.07, 6.45) is 4.08. The largest absolute Gasteiger partial charge is 0.354 e. The van der Waals surface area contributed by atoms with E-state index in [1.165, 1.54) is 0 Å². The third kappa shape index (κ3) is 4.20. The Hall–Kier alpha value is -1.45. The predicted octanol–water partition coefficient (Wildman–Crippen LogP) is 0.727. The van der Waals surface area contributed by atoms with Gasteiger partial charge < -0.3 is 10.3 Å². The van der Waals surface area contributed by atoms with Gasteiger partial charge in [0, 0.05) is 31.7 Å². The lowest BCUT2D eigenvalue weighted by Crippen LogP contribution is -2.62. The number of H-pyrrole nitrogens is 1. The minimum atomic E-state index is -3.20. The highest BCUT2D eigenvalue weighted by atomic mass is 32.2. The van der Waals surface area contributed by atoms with Gasteiger partial charge in [0.15, 0.2) is 0 Å². The molecule has 1 amide bonds. The average Bonchev–Trinajstić information content (AvgIpc) is 3.09. The number of imidazole rings is 1. The molecule has 1 saturated heterocycles. The highest BCUT2D eigenvalue weighted by Crippen LogP contribution is 2.38. The average molecular weight is 398 g/mol. The van der Waals surface area contributed by atoms with Crippen molar-refractivity contribution in [2.75, 3.05) is 25.4 Å². The maximum atomic E-state index is 12.7. The number of piperidine rings is 1. The molecule has 0 saturated carbocycles. The van der Waals surface area contributed by atoms with Crippen LogP contribution in [-0.4, -0.2) is 60.0 Å². The van der Waals surface area contributed by atoms with Gasteiger partial charge in [0.05, 0.1) is 29.4 Å². The van der Waals surface area contributed by atoms with Crippen molar-refractivity contribution in [1.82, 2.24) is 24.9 Å². The van der Waals surface area contributed by atoms with Gasteiger partial charge in [0.25, 0.3) is 0 Å². The van der Waals surface area contributed by atoms with Gasteiger partial charge in [-0.15, -0.1) is 0 Å². The maximum absolute atomic E-state index is 12.7. The highest BCUT2D eigenvalue weighted by Gasteiger charge is 2.47. The fourth-order valence-corrected chi connectivity index (χ4v) is 5.56. The number of aromatic amines is 1. The van der Waals surface area contributed by atoms with Gasteiger partial charge in [-0.2, -0.15) is 0 Å². The number of aromatic nitrogens is 2. The first kappa shape index (κ1) is 20.3. The van der Waals surface area contributed by atoms with Gasteiger partial charge in [-0.1, -0.05) is 20.8 Å². The minimum Gasteiger partial charge on any atom is -0.354 e. The Bertz CT molecular complexity index is 766. The van der Waals surface area contributed by atoms with Crippen LogP contribution in [0.2, 0.25) is 0 Å². The van der Waals surface area contributed by atoms with Crippen molar-refractivity contribution >= 4 is 15.9 Å². The molecule has 3 rings (SSSR count). The lowest BCUT2D eigenvalue weighted by molar-refractivity contribution is -0.124. The number of hydrogen-bond acceptors (Lipinski definition) is 5. The SMILES string of the molecule is CCCS(=O)(=O)N1CCC2(CC1)N[C@H](C(=O)NCC(C)C)Cc1[nH]cnc12. The molecule has 0 aliphatic carbocycles. The van der Waals surface area contributed by atoms with E-state index in [-0.39, 0.29) is 17.7 Å². The molecule has 2 aliphatic heterocycles. The highest BCUT2D eigenvalue weighted by molar-refractivity contribution is 7.89. The van der Waals surface area contributed by atoms with Crippen LogP contribution in [0, 0.1) is 5.92 Å². The van der Waals surface area contributed by atoms with Gasteiger partial charge in [0.2, 0.25) is 15.9 Å². The number of nitrogens with zero attached hydrogens (tertiary/aromatic N) is 2. The summed E-state index contributed by atoms with van der Waals surface area (Å²) in [5.74, 6) is 0.562. The summed E-state index contributed by atoms with van der Waals surface area (Å²) in [7, 11) is -3.20. The van der Waals surface area contributed by atoms with E-state index in [1.54, 1.807) is 10.6 Å². The summed E-state index contributed by atoms with van der Waals surface area (Å²) in [4.78, 5) is 20.3. The number of amides is 1. The van der Waals surface area contributed by atoms with E-state index in [9.17, 15) is 13.2 Å². The molecule has 27 heavy (non-hydrogen) atoms. The Morgan fingerprint density at radius 2 is 2.11 bits per heavy atom. The summed E-state index contributed by atoms with van der Waals surface area (Å²) in [5, 5.41) is 6.53. The summed E-state index contributed by atoms with van der Waals surface area (Å²) in [5.41, 5.74) is 1.46. The van der Waals surface area contributed by atoms with Crippen molar-refractivity contribution in [3.63, 3.8) is 0 Å². The van der Waals surface area contributed by atoms with E-state index in [0.29, 0.717) is 51.2 Å². The van der Waals surface area contributed by atoms with E-state index in [0.717, 1.165) is 11.4 Å². The van der Waals surface area contributed by atoms with Crippen LogP contribution < -0.4 is 10.6 Å². The second-order valence-electron chi connectivity index (χ2n) is 8.07. The van der Waals surface area contributed by atoms with E-state index < -0.39 is 15.6 Å². The quantitative estimate of drug-likeness (QED) is 0.656. The Balaban J connectivity index is 1.76. The topological polar surface area (TPSA) is 107 Å². The summed E-state index contributed by atoms with van der Waals surface area (Å²) < 4.78 is 26.4. The van der Waals surface area contributed by atoms with Gasteiger partial charge in [0.1, 0.15) is 0 Å². The van der Waals surface area contributed by atoms with Crippen LogP contribution in [-0.2, 0) is 26.8 Å². The van der Waals surface area contributed by atoms with Crippen molar-refractivity contribution in [1.29, 1.82) is 0 Å². The lowest BCUT2D eigenvalue weighted by atomic mass is 9.79. The molecule has 9 heteroatoms. The zero-order valence-corrected chi connectivity index (χ0v) is 17.2. The molecular weight excluding hydrogens is 366 g/mol.